The van der Waals surface area contributed by atoms with Gasteiger partial charge in [0.25, 0.3) is 0 Å². The second kappa shape index (κ2) is 13.5. The van der Waals surface area contributed by atoms with Crippen LogP contribution in [0.1, 0.15) is 110 Å². The van der Waals surface area contributed by atoms with Gasteiger partial charge in [-0.25, -0.2) is 0 Å². The van der Waals surface area contributed by atoms with Crippen LogP contribution in [0.3, 0.4) is 0 Å². The van der Waals surface area contributed by atoms with Crippen molar-refractivity contribution in [1.29, 1.82) is 0 Å². The average molecular weight is 784 g/mol. The molecule has 7 aliphatic rings. The molecule has 0 spiro atoms. The van der Waals surface area contributed by atoms with Crippen LogP contribution in [0.4, 0.5) is 0 Å². The van der Waals surface area contributed by atoms with Crippen molar-refractivity contribution in [3.8, 4) is 11.5 Å². The fourth-order valence-electron chi connectivity index (χ4n) is 9.59. The SMILES string of the molecule is CC1(C)CC(=O)C2=C(C1)NC1=C(C(=O)c3ccncc3C1=O)C2c1ccccc1.O=C1CCCC2=C1C(c1ccc3c(c1)OCO3)C1=C(N2)C(=O)c2ccccc2C1=O. The van der Waals surface area contributed by atoms with Crippen molar-refractivity contribution in [2.24, 2.45) is 5.41 Å². The molecule has 0 radical (unpaired) electrons. The third-order valence-electron chi connectivity index (χ3n) is 12.2. The molecule has 11 rings (SSSR count). The monoisotopic (exact) mass is 783 g/mol. The minimum absolute atomic E-state index is 0.0112. The normalized spacial score (nSPS) is 22.3. The molecule has 11 heteroatoms. The highest BCUT2D eigenvalue weighted by molar-refractivity contribution is 6.29. The fourth-order valence-corrected chi connectivity index (χ4v) is 9.59. The molecule has 0 bridgehead atoms. The summed E-state index contributed by atoms with van der Waals surface area (Å²) in [6.07, 6.45) is 5.85. The van der Waals surface area contributed by atoms with Crippen molar-refractivity contribution in [2.75, 3.05) is 6.79 Å². The number of carbonyl (C=O) groups is 6. The molecule has 2 N–H and O–H groups in total. The molecule has 4 aliphatic carbocycles. The van der Waals surface area contributed by atoms with Crippen molar-refractivity contribution in [2.45, 2.75) is 57.8 Å². The van der Waals surface area contributed by atoms with E-state index in [4.69, 9.17) is 9.47 Å². The van der Waals surface area contributed by atoms with Crippen LogP contribution in [0.5, 0.6) is 11.5 Å². The Bertz CT molecular complexity index is 2770. The molecule has 4 heterocycles. The second-order valence-electron chi connectivity index (χ2n) is 16.5. The molecule has 0 saturated carbocycles. The Morgan fingerprint density at radius 1 is 0.576 bits per heavy atom. The minimum Gasteiger partial charge on any atom is -0.454 e. The first-order chi connectivity index (χ1) is 28.5. The van der Waals surface area contributed by atoms with Crippen LogP contribution < -0.4 is 20.1 Å². The number of aromatic nitrogens is 1. The van der Waals surface area contributed by atoms with Gasteiger partial charge in [0.1, 0.15) is 0 Å². The second-order valence-corrected chi connectivity index (χ2v) is 16.5. The largest absolute Gasteiger partial charge is 0.454 e. The molecule has 2 atom stereocenters. The zero-order valence-corrected chi connectivity index (χ0v) is 32.3. The predicted octanol–water partition coefficient (Wildman–Crippen LogP) is 7.19. The molecule has 11 nitrogen and oxygen atoms in total. The van der Waals surface area contributed by atoms with Gasteiger partial charge < -0.3 is 20.1 Å². The van der Waals surface area contributed by atoms with E-state index in [0.29, 0.717) is 81.7 Å². The molecule has 1 aromatic heterocycles. The average Bonchev–Trinajstić information content (AvgIpc) is 3.72. The number of nitrogens with one attached hydrogen (secondary N) is 2. The lowest BCUT2D eigenvalue weighted by Gasteiger charge is -2.41. The molecular formula is C48H37N3O8. The number of Topliss-reactive ketones (excluding diaryl/α,β-unsaturated/α-hetero) is 6. The van der Waals surface area contributed by atoms with E-state index >= 15 is 0 Å². The van der Waals surface area contributed by atoms with Crippen LogP contribution in [0.25, 0.3) is 0 Å². The van der Waals surface area contributed by atoms with Crippen LogP contribution in [0, 0.1) is 5.41 Å². The highest BCUT2D eigenvalue weighted by Crippen LogP contribution is 2.50. The van der Waals surface area contributed by atoms with Gasteiger partial charge in [-0.15, -0.1) is 0 Å². The van der Waals surface area contributed by atoms with Gasteiger partial charge in [0.2, 0.25) is 18.4 Å². The lowest BCUT2D eigenvalue weighted by atomic mass is 9.66. The fraction of sp³-hybridized carbons (Fsp3) is 0.229. The van der Waals surface area contributed by atoms with Crippen LogP contribution in [0.15, 0.2) is 136 Å². The third kappa shape index (κ3) is 5.74. The van der Waals surface area contributed by atoms with Gasteiger partial charge in [0.15, 0.2) is 34.6 Å². The van der Waals surface area contributed by atoms with E-state index in [-0.39, 0.29) is 58.3 Å². The van der Waals surface area contributed by atoms with Crippen LogP contribution in [-0.2, 0) is 9.59 Å². The number of dihydropyridines is 2. The Kier molecular flexibility index (Phi) is 8.34. The minimum atomic E-state index is -0.608. The lowest BCUT2D eigenvalue weighted by Crippen LogP contribution is -2.42. The van der Waals surface area contributed by atoms with Gasteiger partial charge in [-0.05, 0) is 54.0 Å². The van der Waals surface area contributed by atoms with Gasteiger partial charge in [-0.1, -0.05) is 74.5 Å². The Labute approximate surface area is 338 Å². The van der Waals surface area contributed by atoms with Crippen molar-refractivity contribution < 1.29 is 38.2 Å². The number of fused-ring (bicyclic) bond motifs is 3. The standard InChI is InChI=1S/C24H20N2O3.C24H17NO5/c1-24(2)10-16-19(17(27)11-24)18(13-6-4-3-5-7-13)20-21(26-16)23(29)15-12-25-9-8-14(15)22(20)28;26-16-7-3-6-15-20(16)19(12-8-9-17-18(10-12)30-11-29-17)21-22(25-15)24(28)14-5-2-1-4-13(14)23(21)27/h3-9,12,18,26H,10-11H2,1-2H3;1-2,4-5,8-10,19,25H,3,6-7,11H2. The summed E-state index contributed by atoms with van der Waals surface area (Å²) in [6.45, 7) is 4.23. The van der Waals surface area contributed by atoms with Crippen LogP contribution in [0.2, 0.25) is 0 Å². The van der Waals surface area contributed by atoms with E-state index in [0.717, 1.165) is 28.9 Å². The number of hydrogen-bond donors (Lipinski definition) is 2. The number of rotatable bonds is 2. The summed E-state index contributed by atoms with van der Waals surface area (Å²) in [5.74, 6) is -0.797. The predicted molar refractivity (Wildman–Crippen MR) is 214 cm³/mol. The quantitative estimate of drug-likeness (QED) is 0.212. The molecule has 59 heavy (non-hydrogen) atoms. The van der Waals surface area contributed by atoms with Gasteiger partial charge in [0.05, 0.1) is 17.0 Å². The summed E-state index contributed by atoms with van der Waals surface area (Å²) >= 11 is 0. The molecule has 292 valence electrons. The molecule has 3 aromatic carbocycles. The maximum Gasteiger partial charge on any atom is 0.231 e. The summed E-state index contributed by atoms with van der Waals surface area (Å²) in [7, 11) is 0. The number of ether oxygens (including phenoxy) is 2. The highest BCUT2D eigenvalue weighted by Gasteiger charge is 2.48. The van der Waals surface area contributed by atoms with E-state index in [2.05, 4.69) is 15.6 Å². The van der Waals surface area contributed by atoms with E-state index < -0.39 is 11.8 Å². The Balaban J connectivity index is 0.000000143. The lowest BCUT2D eigenvalue weighted by molar-refractivity contribution is -0.118. The van der Waals surface area contributed by atoms with Crippen molar-refractivity contribution in [3.05, 3.63) is 170 Å². The Morgan fingerprint density at radius 3 is 1.93 bits per heavy atom. The van der Waals surface area contributed by atoms with Gasteiger partial charge >= 0.3 is 0 Å². The van der Waals surface area contributed by atoms with Crippen LogP contribution in [-0.4, -0.2) is 46.5 Å². The topological polar surface area (TPSA) is 158 Å². The molecule has 2 unspecified atom stereocenters. The smallest absolute Gasteiger partial charge is 0.231 e. The molecule has 4 aromatic rings. The highest BCUT2D eigenvalue weighted by atomic mass is 16.7. The number of pyridine rings is 1. The molecule has 3 aliphatic heterocycles. The summed E-state index contributed by atoms with van der Waals surface area (Å²) in [6, 6.07) is 23.4. The first-order valence-corrected chi connectivity index (χ1v) is 19.7. The first kappa shape index (κ1) is 36.3. The van der Waals surface area contributed by atoms with Gasteiger partial charge in [0, 0.05) is 87.4 Å². The Hall–Kier alpha value is -7.01. The number of ketones is 6. The van der Waals surface area contributed by atoms with E-state index in [1.54, 1.807) is 36.4 Å². The van der Waals surface area contributed by atoms with E-state index in [1.165, 1.54) is 12.4 Å². The number of hydrogen-bond acceptors (Lipinski definition) is 11. The van der Waals surface area contributed by atoms with Crippen molar-refractivity contribution >= 4 is 34.7 Å². The molecule has 0 amide bonds. The third-order valence-corrected chi connectivity index (χ3v) is 12.2. The number of nitrogens with zero attached hydrogens (tertiary/aromatic N) is 1. The van der Waals surface area contributed by atoms with Crippen LogP contribution >= 0.6 is 0 Å². The molecular weight excluding hydrogens is 747 g/mol. The maximum atomic E-state index is 13.6. The van der Waals surface area contributed by atoms with Gasteiger partial charge in [-0.3, -0.25) is 33.8 Å². The van der Waals surface area contributed by atoms with Gasteiger partial charge in [-0.2, -0.15) is 0 Å². The zero-order chi connectivity index (χ0) is 40.7. The summed E-state index contributed by atoms with van der Waals surface area (Å²) in [5.41, 5.74) is 6.79. The zero-order valence-electron chi connectivity index (χ0n) is 32.3. The van der Waals surface area contributed by atoms with Crippen molar-refractivity contribution in [1.82, 2.24) is 15.6 Å². The maximum absolute atomic E-state index is 13.6. The number of carbonyl (C=O) groups excluding carboxylic acids is 6. The van der Waals surface area contributed by atoms with E-state index in [9.17, 15) is 28.8 Å². The van der Waals surface area contributed by atoms with Crippen molar-refractivity contribution in [3.63, 3.8) is 0 Å². The number of allylic oxidation sites excluding steroid dienone is 8. The van der Waals surface area contributed by atoms with E-state index in [1.807, 2.05) is 56.3 Å². The first-order valence-electron chi connectivity index (χ1n) is 19.7. The summed E-state index contributed by atoms with van der Waals surface area (Å²) in [5, 5.41) is 6.38. The molecule has 0 saturated heterocycles. The Morgan fingerprint density at radius 2 is 1.19 bits per heavy atom. The molecule has 0 fully saturated rings. The summed E-state index contributed by atoms with van der Waals surface area (Å²) < 4.78 is 10.9. The number of benzene rings is 3. The summed E-state index contributed by atoms with van der Waals surface area (Å²) in [4.78, 5) is 83.8.